The Morgan fingerprint density at radius 2 is 1.78 bits per heavy atom. The monoisotopic (exact) mass is 368 g/mol. The van der Waals surface area contributed by atoms with E-state index in [1.165, 1.54) is 5.56 Å². The van der Waals surface area contributed by atoms with E-state index in [1.54, 1.807) is 19.5 Å². The molecule has 1 aromatic carbocycles. The summed E-state index contributed by atoms with van der Waals surface area (Å²) in [4.78, 5) is 20.8. The van der Waals surface area contributed by atoms with E-state index in [4.69, 9.17) is 4.74 Å². The molecule has 1 aliphatic heterocycles. The van der Waals surface area contributed by atoms with Crippen molar-refractivity contribution in [3.8, 4) is 5.75 Å². The number of piperazine rings is 1. The van der Waals surface area contributed by atoms with Crippen LogP contribution in [-0.4, -0.2) is 55.2 Å². The Labute approximate surface area is 161 Å². The van der Waals surface area contributed by atoms with Crippen LogP contribution >= 0.6 is 0 Å². The topological polar surface area (TPSA) is 57.7 Å². The molecule has 0 spiro atoms. The number of urea groups is 1. The lowest BCUT2D eigenvalue weighted by Crippen LogP contribution is -2.53. The predicted octanol–water partition coefficient (Wildman–Crippen LogP) is 2.94. The molecule has 6 heteroatoms. The Kier molecular flexibility index (Phi) is 6.52. The maximum atomic E-state index is 12.5. The van der Waals surface area contributed by atoms with Crippen molar-refractivity contribution in [1.82, 2.24) is 15.2 Å². The van der Waals surface area contributed by atoms with Crippen LogP contribution in [0.3, 0.4) is 0 Å². The summed E-state index contributed by atoms with van der Waals surface area (Å²) in [6.45, 7) is 5.22. The molecule has 1 aliphatic rings. The van der Waals surface area contributed by atoms with Gasteiger partial charge in [0.05, 0.1) is 7.11 Å². The zero-order valence-corrected chi connectivity index (χ0v) is 16.1. The van der Waals surface area contributed by atoms with E-state index in [2.05, 4.69) is 34.3 Å². The van der Waals surface area contributed by atoms with Gasteiger partial charge in [0.15, 0.2) is 0 Å². The quantitative estimate of drug-likeness (QED) is 0.852. The number of anilines is 1. The average Bonchev–Trinajstić information content (AvgIpc) is 2.73. The van der Waals surface area contributed by atoms with E-state index in [9.17, 15) is 4.79 Å². The van der Waals surface area contributed by atoms with Gasteiger partial charge < -0.3 is 19.9 Å². The second kappa shape index (κ2) is 9.26. The van der Waals surface area contributed by atoms with Crippen molar-refractivity contribution in [3.63, 3.8) is 0 Å². The molecule has 0 radical (unpaired) electrons. The summed E-state index contributed by atoms with van der Waals surface area (Å²) in [7, 11) is 1.67. The number of hydrogen-bond donors (Lipinski definition) is 1. The van der Waals surface area contributed by atoms with Gasteiger partial charge in [-0.3, -0.25) is 4.98 Å². The Morgan fingerprint density at radius 1 is 1.11 bits per heavy atom. The first-order chi connectivity index (χ1) is 13.2. The van der Waals surface area contributed by atoms with Crippen LogP contribution in [-0.2, 0) is 6.42 Å². The highest BCUT2D eigenvalue weighted by Gasteiger charge is 2.22. The molecule has 1 atom stereocenters. The molecule has 1 unspecified atom stereocenters. The lowest BCUT2D eigenvalue weighted by atomic mass is 10.1. The van der Waals surface area contributed by atoms with Crippen molar-refractivity contribution < 1.29 is 9.53 Å². The van der Waals surface area contributed by atoms with E-state index >= 15 is 0 Å². The summed E-state index contributed by atoms with van der Waals surface area (Å²) in [6, 6.07) is 12.3. The molecule has 0 saturated carbocycles. The third-order valence-corrected chi connectivity index (χ3v) is 4.99. The fourth-order valence-electron chi connectivity index (χ4n) is 3.27. The van der Waals surface area contributed by atoms with Crippen LogP contribution in [0.4, 0.5) is 10.5 Å². The summed E-state index contributed by atoms with van der Waals surface area (Å²) >= 11 is 0. The summed E-state index contributed by atoms with van der Waals surface area (Å²) in [6.07, 6.45) is 5.45. The SMILES string of the molecule is COc1ccc(CCC(C)NC(=O)N2CCN(c3ccncc3)CC2)cc1. The number of carbonyl (C=O) groups is 1. The van der Waals surface area contributed by atoms with Gasteiger partial charge in [0, 0.05) is 50.3 Å². The zero-order chi connectivity index (χ0) is 19.1. The number of ether oxygens (including phenoxy) is 1. The number of benzene rings is 1. The van der Waals surface area contributed by atoms with Crippen molar-refractivity contribution >= 4 is 11.7 Å². The van der Waals surface area contributed by atoms with E-state index < -0.39 is 0 Å². The first-order valence-electron chi connectivity index (χ1n) is 9.49. The van der Waals surface area contributed by atoms with Crippen molar-refractivity contribution in [2.75, 3.05) is 38.2 Å². The number of aromatic nitrogens is 1. The van der Waals surface area contributed by atoms with Gasteiger partial charge in [0.1, 0.15) is 5.75 Å². The minimum atomic E-state index is 0.0339. The molecule has 6 nitrogen and oxygen atoms in total. The molecule has 3 rings (SSSR count). The molecule has 2 amide bonds. The molecule has 1 N–H and O–H groups in total. The number of aryl methyl sites for hydroxylation is 1. The second-order valence-corrected chi connectivity index (χ2v) is 6.92. The van der Waals surface area contributed by atoms with Crippen LogP contribution in [0.5, 0.6) is 5.75 Å². The number of amides is 2. The van der Waals surface area contributed by atoms with E-state index in [-0.39, 0.29) is 12.1 Å². The van der Waals surface area contributed by atoms with Crippen LogP contribution < -0.4 is 15.0 Å². The largest absolute Gasteiger partial charge is 0.497 e. The van der Waals surface area contributed by atoms with Gasteiger partial charge in [-0.25, -0.2) is 4.79 Å². The molecule has 2 heterocycles. The third kappa shape index (κ3) is 5.36. The van der Waals surface area contributed by atoms with Crippen molar-refractivity contribution in [3.05, 3.63) is 54.4 Å². The van der Waals surface area contributed by atoms with Crippen LogP contribution in [0, 0.1) is 0 Å². The Balaban J connectivity index is 1.40. The highest BCUT2D eigenvalue weighted by atomic mass is 16.5. The molecule has 1 saturated heterocycles. The van der Waals surface area contributed by atoms with Gasteiger partial charge in [0.2, 0.25) is 0 Å². The number of pyridine rings is 1. The molecule has 0 bridgehead atoms. The lowest BCUT2D eigenvalue weighted by Gasteiger charge is -2.36. The standard InChI is InChI=1S/C21H28N4O2/c1-17(3-4-18-5-7-20(27-2)8-6-18)23-21(26)25-15-13-24(14-16-25)19-9-11-22-12-10-19/h5-12,17H,3-4,13-16H2,1-2H3,(H,23,26). The molecule has 2 aromatic rings. The molecule has 1 aromatic heterocycles. The van der Waals surface area contributed by atoms with Crippen LogP contribution in [0.25, 0.3) is 0 Å². The molecular weight excluding hydrogens is 340 g/mol. The maximum absolute atomic E-state index is 12.5. The van der Waals surface area contributed by atoms with Gasteiger partial charge in [-0.2, -0.15) is 0 Å². The van der Waals surface area contributed by atoms with Crippen molar-refractivity contribution in [2.24, 2.45) is 0 Å². The van der Waals surface area contributed by atoms with E-state index in [0.717, 1.165) is 50.5 Å². The predicted molar refractivity (Wildman–Crippen MR) is 107 cm³/mol. The smallest absolute Gasteiger partial charge is 0.317 e. The van der Waals surface area contributed by atoms with Gasteiger partial charge in [-0.1, -0.05) is 12.1 Å². The normalized spacial score (nSPS) is 15.3. The number of hydrogen-bond acceptors (Lipinski definition) is 4. The average molecular weight is 368 g/mol. The number of rotatable bonds is 6. The highest BCUT2D eigenvalue weighted by molar-refractivity contribution is 5.74. The van der Waals surface area contributed by atoms with Crippen LogP contribution in [0.2, 0.25) is 0 Å². The maximum Gasteiger partial charge on any atom is 0.317 e. The Hall–Kier alpha value is -2.76. The summed E-state index contributed by atoms with van der Waals surface area (Å²) < 4.78 is 5.18. The molecule has 0 aliphatic carbocycles. The molecular formula is C21H28N4O2. The van der Waals surface area contributed by atoms with Gasteiger partial charge in [-0.15, -0.1) is 0 Å². The summed E-state index contributed by atoms with van der Waals surface area (Å²) in [5, 5.41) is 3.13. The van der Waals surface area contributed by atoms with E-state index in [1.807, 2.05) is 29.2 Å². The van der Waals surface area contributed by atoms with Gasteiger partial charge >= 0.3 is 6.03 Å². The number of carbonyl (C=O) groups excluding carboxylic acids is 1. The first-order valence-corrected chi connectivity index (χ1v) is 9.49. The molecule has 144 valence electrons. The zero-order valence-electron chi connectivity index (χ0n) is 16.1. The van der Waals surface area contributed by atoms with Crippen LogP contribution in [0.1, 0.15) is 18.9 Å². The fourth-order valence-corrected chi connectivity index (χ4v) is 3.27. The van der Waals surface area contributed by atoms with Crippen LogP contribution in [0.15, 0.2) is 48.8 Å². The number of methoxy groups -OCH3 is 1. The molecule has 27 heavy (non-hydrogen) atoms. The first kappa shape index (κ1) is 19.0. The fraction of sp³-hybridized carbons (Fsp3) is 0.429. The van der Waals surface area contributed by atoms with Crippen molar-refractivity contribution in [2.45, 2.75) is 25.8 Å². The number of nitrogens with zero attached hydrogens (tertiary/aromatic N) is 3. The lowest BCUT2D eigenvalue weighted by molar-refractivity contribution is 0.190. The third-order valence-electron chi connectivity index (χ3n) is 4.99. The molecule has 1 fully saturated rings. The minimum absolute atomic E-state index is 0.0339. The Morgan fingerprint density at radius 3 is 2.41 bits per heavy atom. The number of nitrogens with one attached hydrogen (secondary N) is 1. The summed E-state index contributed by atoms with van der Waals surface area (Å²) in [5.74, 6) is 0.867. The second-order valence-electron chi connectivity index (χ2n) is 6.92. The minimum Gasteiger partial charge on any atom is -0.497 e. The van der Waals surface area contributed by atoms with Gasteiger partial charge in [0.25, 0.3) is 0 Å². The van der Waals surface area contributed by atoms with Gasteiger partial charge in [-0.05, 0) is 49.6 Å². The Bertz CT molecular complexity index is 713. The van der Waals surface area contributed by atoms with Crippen molar-refractivity contribution in [1.29, 1.82) is 0 Å². The van der Waals surface area contributed by atoms with E-state index in [0.29, 0.717) is 0 Å². The summed E-state index contributed by atoms with van der Waals surface area (Å²) in [5.41, 5.74) is 2.42. The highest BCUT2D eigenvalue weighted by Crippen LogP contribution is 2.15.